The predicted molar refractivity (Wildman–Crippen MR) is 130 cm³/mol. The van der Waals surface area contributed by atoms with E-state index in [0.29, 0.717) is 12.6 Å². The number of ether oxygens (including phenoxy) is 2. The molecule has 2 aliphatic heterocycles. The largest absolute Gasteiger partial charge is 0.508 e. The molecule has 1 fully saturated rings. The number of allylic oxidation sites excluding steroid dienone is 1. The molecular formula is C28H29NO4. The van der Waals surface area contributed by atoms with Crippen molar-refractivity contribution >= 4 is 11.1 Å². The van der Waals surface area contributed by atoms with Crippen LogP contribution in [0.5, 0.6) is 23.0 Å². The normalized spacial score (nSPS) is 18.8. The summed E-state index contributed by atoms with van der Waals surface area (Å²) >= 11 is 0. The maximum Gasteiger partial charge on any atom is 0.150 e. The van der Waals surface area contributed by atoms with Crippen molar-refractivity contribution in [3.63, 3.8) is 0 Å². The van der Waals surface area contributed by atoms with Gasteiger partial charge in [0.05, 0.1) is 0 Å². The van der Waals surface area contributed by atoms with Crippen LogP contribution in [0.25, 0.3) is 11.1 Å². The Kier molecular flexibility index (Phi) is 5.73. The summed E-state index contributed by atoms with van der Waals surface area (Å²) in [7, 11) is 0. The van der Waals surface area contributed by atoms with Gasteiger partial charge in [-0.25, -0.2) is 0 Å². The fraction of sp³-hybridized carbons (Fsp3) is 0.286. The first kappa shape index (κ1) is 21.4. The van der Waals surface area contributed by atoms with Gasteiger partial charge in [0, 0.05) is 17.2 Å². The first-order valence-electron chi connectivity index (χ1n) is 11.5. The molecule has 0 amide bonds. The summed E-state index contributed by atoms with van der Waals surface area (Å²) in [6, 6.07) is 20.8. The van der Waals surface area contributed by atoms with Crippen molar-refractivity contribution in [2.75, 3.05) is 19.7 Å². The van der Waals surface area contributed by atoms with Gasteiger partial charge in [-0.05, 0) is 92.5 Å². The summed E-state index contributed by atoms with van der Waals surface area (Å²) in [6.45, 7) is 7.22. The zero-order chi connectivity index (χ0) is 22.9. The van der Waals surface area contributed by atoms with Gasteiger partial charge >= 0.3 is 0 Å². The van der Waals surface area contributed by atoms with E-state index in [1.165, 1.54) is 6.42 Å². The number of fused-ring (bicyclic) bond motifs is 1. The highest BCUT2D eigenvalue weighted by atomic mass is 16.5. The molecular weight excluding hydrogens is 414 g/mol. The third kappa shape index (κ3) is 4.29. The molecule has 0 spiro atoms. The van der Waals surface area contributed by atoms with Gasteiger partial charge in [-0.2, -0.15) is 0 Å². The molecule has 0 radical (unpaired) electrons. The van der Waals surface area contributed by atoms with Crippen LogP contribution in [0.2, 0.25) is 0 Å². The van der Waals surface area contributed by atoms with E-state index in [1.54, 1.807) is 30.3 Å². The minimum absolute atomic E-state index is 0.194. The summed E-state index contributed by atoms with van der Waals surface area (Å²) in [5.41, 5.74) is 4.70. The quantitative estimate of drug-likeness (QED) is 0.517. The number of phenolic OH excluding ortho intramolecular Hbond substituents is 2. The molecule has 1 saturated heterocycles. The number of likely N-dealkylation sites (tertiary alicyclic amines) is 1. The van der Waals surface area contributed by atoms with E-state index in [-0.39, 0.29) is 17.6 Å². The molecule has 5 nitrogen and oxygen atoms in total. The number of hydrogen-bond acceptors (Lipinski definition) is 5. The zero-order valence-corrected chi connectivity index (χ0v) is 19.0. The highest BCUT2D eigenvalue weighted by Gasteiger charge is 2.30. The molecule has 2 N–H and O–H groups in total. The van der Waals surface area contributed by atoms with Crippen LogP contribution in [0.15, 0.2) is 66.7 Å². The van der Waals surface area contributed by atoms with Crippen LogP contribution in [0, 0.1) is 0 Å². The van der Waals surface area contributed by atoms with Gasteiger partial charge in [0.25, 0.3) is 0 Å². The van der Waals surface area contributed by atoms with Crippen molar-refractivity contribution in [3.05, 3.63) is 83.4 Å². The average Bonchev–Trinajstić information content (AvgIpc) is 2.77. The van der Waals surface area contributed by atoms with E-state index in [1.807, 2.05) is 43.3 Å². The molecule has 5 rings (SSSR count). The number of hydrogen-bond donors (Lipinski definition) is 2. The first-order valence-corrected chi connectivity index (χ1v) is 11.5. The van der Waals surface area contributed by atoms with Crippen molar-refractivity contribution in [2.45, 2.75) is 32.4 Å². The van der Waals surface area contributed by atoms with Crippen molar-refractivity contribution in [1.82, 2.24) is 4.90 Å². The van der Waals surface area contributed by atoms with Crippen molar-refractivity contribution in [1.29, 1.82) is 0 Å². The molecule has 0 aliphatic carbocycles. The fourth-order valence-electron chi connectivity index (χ4n) is 4.56. The molecule has 2 unspecified atom stereocenters. The Labute approximate surface area is 194 Å². The number of aromatic hydroxyl groups is 2. The van der Waals surface area contributed by atoms with Gasteiger partial charge in [0.15, 0.2) is 0 Å². The number of phenols is 2. The molecule has 33 heavy (non-hydrogen) atoms. The molecule has 2 heterocycles. The van der Waals surface area contributed by atoms with Gasteiger partial charge in [-0.15, -0.1) is 0 Å². The highest BCUT2D eigenvalue weighted by molar-refractivity contribution is 5.95. The monoisotopic (exact) mass is 443 g/mol. The minimum Gasteiger partial charge on any atom is -0.508 e. The van der Waals surface area contributed by atoms with Gasteiger partial charge in [-0.3, -0.25) is 4.90 Å². The molecule has 2 atom stereocenters. The van der Waals surface area contributed by atoms with Crippen molar-refractivity contribution < 1.29 is 19.7 Å². The maximum absolute atomic E-state index is 10.1. The van der Waals surface area contributed by atoms with E-state index >= 15 is 0 Å². The lowest BCUT2D eigenvalue weighted by Crippen LogP contribution is -2.46. The van der Waals surface area contributed by atoms with Crippen LogP contribution >= 0.6 is 0 Å². The second-order valence-corrected chi connectivity index (χ2v) is 8.89. The fourth-order valence-corrected chi connectivity index (χ4v) is 4.56. The second-order valence-electron chi connectivity index (χ2n) is 8.89. The molecule has 2 aliphatic rings. The molecule has 0 aromatic heterocycles. The molecule has 3 aromatic rings. The Balaban J connectivity index is 1.45. The van der Waals surface area contributed by atoms with Gasteiger partial charge in [-0.1, -0.05) is 24.3 Å². The molecule has 0 saturated carbocycles. The van der Waals surface area contributed by atoms with Gasteiger partial charge < -0.3 is 19.7 Å². The van der Waals surface area contributed by atoms with Gasteiger partial charge in [0.1, 0.15) is 35.7 Å². The summed E-state index contributed by atoms with van der Waals surface area (Å²) < 4.78 is 12.5. The Hall–Kier alpha value is -3.44. The van der Waals surface area contributed by atoms with E-state index in [4.69, 9.17) is 9.47 Å². The molecule has 0 bridgehead atoms. The van der Waals surface area contributed by atoms with E-state index in [0.717, 1.165) is 52.4 Å². The van der Waals surface area contributed by atoms with Crippen molar-refractivity contribution in [2.24, 2.45) is 0 Å². The maximum atomic E-state index is 10.1. The topological polar surface area (TPSA) is 62.2 Å². The van der Waals surface area contributed by atoms with E-state index in [2.05, 4.69) is 11.8 Å². The smallest absolute Gasteiger partial charge is 0.150 e. The Morgan fingerprint density at radius 3 is 2.45 bits per heavy atom. The van der Waals surface area contributed by atoms with Crippen LogP contribution < -0.4 is 9.47 Å². The van der Waals surface area contributed by atoms with Crippen LogP contribution in [-0.2, 0) is 0 Å². The summed E-state index contributed by atoms with van der Waals surface area (Å²) in [6.07, 6.45) is 0.926. The first-order chi connectivity index (χ1) is 16.0. The van der Waals surface area contributed by atoms with Crippen molar-refractivity contribution in [3.8, 4) is 23.0 Å². The van der Waals surface area contributed by atoms with Crippen LogP contribution in [0.4, 0.5) is 0 Å². The summed E-state index contributed by atoms with van der Waals surface area (Å²) in [4.78, 5) is 2.43. The zero-order valence-electron chi connectivity index (χ0n) is 19.0. The second kappa shape index (κ2) is 8.83. The number of rotatable bonds is 6. The van der Waals surface area contributed by atoms with Crippen LogP contribution in [0.3, 0.4) is 0 Å². The van der Waals surface area contributed by atoms with Crippen LogP contribution in [0.1, 0.15) is 43.1 Å². The van der Waals surface area contributed by atoms with Crippen LogP contribution in [-0.4, -0.2) is 40.9 Å². The van der Waals surface area contributed by atoms with E-state index < -0.39 is 0 Å². The number of benzene rings is 3. The lowest BCUT2D eigenvalue weighted by Gasteiger charge is -2.36. The van der Waals surface area contributed by atoms with Gasteiger partial charge in [0.2, 0.25) is 0 Å². The summed E-state index contributed by atoms with van der Waals surface area (Å²) in [5, 5.41) is 20.1. The predicted octanol–water partition coefficient (Wildman–Crippen LogP) is 5.64. The average molecular weight is 444 g/mol. The SMILES string of the molecule is CC1=C(c2cccc(O)c2)C(c2ccc(OCC(C)N3CCC3)cc2)Oc2ccc(O)cc21. The standard InChI is InChI=1S/C28H29NO4/c1-18(29-13-4-14-29)17-32-24-10-7-20(8-11-24)28-27(21-5-3-6-22(30)15-21)19(2)25-16-23(31)9-12-26(25)33-28/h3,5-12,15-16,18,28,30-31H,4,13-14,17H2,1-2H3. The Morgan fingerprint density at radius 2 is 1.76 bits per heavy atom. The third-order valence-electron chi connectivity index (χ3n) is 6.62. The Bertz CT molecular complexity index is 1180. The lowest BCUT2D eigenvalue weighted by molar-refractivity contribution is 0.0901. The summed E-state index contributed by atoms with van der Waals surface area (Å²) in [5.74, 6) is 1.96. The Morgan fingerprint density at radius 1 is 1.00 bits per heavy atom. The highest BCUT2D eigenvalue weighted by Crippen LogP contribution is 2.47. The number of nitrogens with zero attached hydrogens (tertiary/aromatic N) is 1. The molecule has 5 heteroatoms. The third-order valence-corrected chi connectivity index (χ3v) is 6.62. The minimum atomic E-state index is -0.349. The lowest BCUT2D eigenvalue weighted by atomic mass is 9.86. The molecule has 3 aromatic carbocycles. The molecule has 170 valence electrons. The van der Waals surface area contributed by atoms with E-state index in [9.17, 15) is 10.2 Å².